The first kappa shape index (κ1) is 16.2. The van der Waals surface area contributed by atoms with Crippen LogP contribution in [-0.4, -0.2) is 25.6 Å². The lowest BCUT2D eigenvalue weighted by Crippen LogP contribution is -2.34. The molecule has 0 aromatic heterocycles. The van der Waals surface area contributed by atoms with Gasteiger partial charge in [-0.3, -0.25) is 4.79 Å². The van der Waals surface area contributed by atoms with Crippen molar-refractivity contribution >= 4 is 5.91 Å². The van der Waals surface area contributed by atoms with Crippen molar-refractivity contribution in [3.63, 3.8) is 0 Å². The fraction of sp³-hybridized carbons (Fsp3) is 0.588. The number of alkyl halides is 2. The van der Waals surface area contributed by atoms with Crippen molar-refractivity contribution in [2.75, 3.05) is 13.1 Å². The molecule has 1 aromatic carbocycles. The van der Waals surface area contributed by atoms with Crippen LogP contribution in [0.15, 0.2) is 24.3 Å². The highest BCUT2D eigenvalue weighted by molar-refractivity contribution is 5.83. The summed E-state index contributed by atoms with van der Waals surface area (Å²) in [5.74, 6) is 0.184. The quantitative estimate of drug-likeness (QED) is 0.876. The summed E-state index contributed by atoms with van der Waals surface area (Å²) in [7, 11) is 0. The Labute approximate surface area is 134 Å². The third-order valence-electron chi connectivity index (χ3n) is 5.07. The average molecular weight is 324 g/mol. The predicted molar refractivity (Wildman–Crippen MR) is 82.3 cm³/mol. The van der Waals surface area contributed by atoms with E-state index in [1.165, 1.54) is 6.07 Å². The molecule has 1 spiro atoms. The minimum Gasteiger partial charge on any atom is -0.434 e. The molecule has 2 atom stereocenters. The number of amides is 1. The van der Waals surface area contributed by atoms with E-state index in [-0.39, 0.29) is 29.0 Å². The van der Waals surface area contributed by atoms with E-state index in [1.54, 1.807) is 25.1 Å². The minimum absolute atomic E-state index is 0.0197. The highest BCUT2D eigenvalue weighted by Crippen LogP contribution is 2.58. The Kier molecular flexibility index (Phi) is 4.53. The zero-order valence-corrected chi connectivity index (χ0v) is 13.1. The molecule has 1 amide bonds. The van der Waals surface area contributed by atoms with Gasteiger partial charge in [0, 0.05) is 11.5 Å². The van der Waals surface area contributed by atoms with Gasteiger partial charge in [-0.15, -0.1) is 0 Å². The van der Waals surface area contributed by atoms with E-state index >= 15 is 0 Å². The molecule has 3 rings (SSSR count). The number of nitrogens with one attached hydrogen (secondary N) is 2. The van der Waals surface area contributed by atoms with Gasteiger partial charge >= 0.3 is 6.61 Å². The molecule has 1 heterocycles. The van der Waals surface area contributed by atoms with Gasteiger partial charge in [0.1, 0.15) is 5.75 Å². The molecule has 2 aliphatic rings. The summed E-state index contributed by atoms with van der Waals surface area (Å²) in [4.78, 5) is 12.5. The largest absolute Gasteiger partial charge is 0.434 e. The lowest BCUT2D eigenvalue weighted by Gasteiger charge is -2.24. The Bertz CT molecular complexity index is 573. The predicted octanol–water partition coefficient (Wildman–Crippen LogP) is 2.85. The van der Waals surface area contributed by atoms with Crippen LogP contribution in [0.25, 0.3) is 0 Å². The van der Waals surface area contributed by atoms with Gasteiger partial charge in [0.15, 0.2) is 0 Å². The maximum absolute atomic E-state index is 12.5. The van der Waals surface area contributed by atoms with E-state index in [4.69, 9.17) is 0 Å². The second kappa shape index (κ2) is 6.43. The monoisotopic (exact) mass is 324 g/mol. The minimum atomic E-state index is -2.87. The molecular formula is C17H22F2N2O2. The van der Waals surface area contributed by atoms with Crippen LogP contribution in [0.4, 0.5) is 8.78 Å². The van der Waals surface area contributed by atoms with E-state index in [2.05, 4.69) is 15.4 Å². The number of hydrogen-bond acceptors (Lipinski definition) is 3. The van der Waals surface area contributed by atoms with Crippen LogP contribution in [0, 0.1) is 11.3 Å². The zero-order chi connectivity index (χ0) is 16.4. The highest BCUT2D eigenvalue weighted by atomic mass is 19.3. The molecule has 1 aromatic rings. The topological polar surface area (TPSA) is 50.4 Å². The number of hydrogen-bond donors (Lipinski definition) is 2. The van der Waals surface area contributed by atoms with Crippen LogP contribution < -0.4 is 15.4 Å². The van der Waals surface area contributed by atoms with Gasteiger partial charge < -0.3 is 15.4 Å². The number of halogens is 2. The molecule has 1 aliphatic carbocycles. The molecule has 0 bridgehead atoms. The normalized spacial score (nSPS) is 23.6. The van der Waals surface area contributed by atoms with E-state index in [0.29, 0.717) is 5.56 Å². The average Bonchev–Trinajstić information content (AvgIpc) is 3.21. The van der Waals surface area contributed by atoms with E-state index in [0.717, 1.165) is 32.4 Å². The summed E-state index contributed by atoms with van der Waals surface area (Å²) >= 11 is 0. The Hall–Kier alpha value is -1.69. The maximum atomic E-state index is 12.5. The third-order valence-corrected chi connectivity index (χ3v) is 5.07. The summed E-state index contributed by atoms with van der Waals surface area (Å²) < 4.78 is 29.5. The van der Waals surface area contributed by atoms with Gasteiger partial charge in [0.05, 0.1) is 6.04 Å². The Morgan fingerprint density at radius 2 is 2.04 bits per heavy atom. The van der Waals surface area contributed by atoms with Crippen LogP contribution in [0.5, 0.6) is 5.75 Å². The Morgan fingerprint density at radius 1 is 1.35 bits per heavy atom. The van der Waals surface area contributed by atoms with Crippen molar-refractivity contribution < 1.29 is 18.3 Å². The number of carbonyl (C=O) groups is 1. The fourth-order valence-electron chi connectivity index (χ4n) is 3.63. The first-order chi connectivity index (χ1) is 11.0. The summed E-state index contributed by atoms with van der Waals surface area (Å²) in [6.07, 6.45) is 3.00. The van der Waals surface area contributed by atoms with E-state index < -0.39 is 6.61 Å². The molecular weight excluding hydrogens is 302 g/mol. The van der Waals surface area contributed by atoms with Crippen molar-refractivity contribution in [2.24, 2.45) is 11.3 Å². The van der Waals surface area contributed by atoms with Crippen molar-refractivity contribution in [3.8, 4) is 5.75 Å². The van der Waals surface area contributed by atoms with Crippen molar-refractivity contribution in [2.45, 2.75) is 38.8 Å². The SMILES string of the molecule is CC(NC(=O)C1CC12CCNCC2)c1ccccc1OC(F)F. The molecule has 0 radical (unpaired) electrons. The van der Waals surface area contributed by atoms with Crippen LogP contribution in [0.2, 0.25) is 0 Å². The van der Waals surface area contributed by atoms with Gasteiger partial charge in [-0.25, -0.2) is 0 Å². The van der Waals surface area contributed by atoms with Gasteiger partial charge in [0.2, 0.25) is 5.91 Å². The van der Waals surface area contributed by atoms with Crippen LogP contribution in [0.3, 0.4) is 0 Å². The first-order valence-corrected chi connectivity index (χ1v) is 8.07. The summed E-state index contributed by atoms with van der Waals surface area (Å²) in [6, 6.07) is 6.23. The molecule has 4 nitrogen and oxygen atoms in total. The maximum Gasteiger partial charge on any atom is 0.387 e. The molecule has 2 N–H and O–H groups in total. The number of rotatable bonds is 5. The van der Waals surface area contributed by atoms with Crippen molar-refractivity contribution in [1.82, 2.24) is 10.6 Å². The number of carbonyl (C=O) groups excluding carboxylic acids is 1. The third kappa shape index (κ3) is 3.47. The lowest BCUT2D eigenvalue weighted by molar-refractivity contribution is -0.123. The Morgan fingerprint density at radius 3 is 2.74 bits per heavy atom. The summed E-state index contributed by atoms with van der Waals surface area (Å²) in [6.45, 7) is 0.846. The van der Waals surface area contributed by atoms with Gasteiger partial charge in [0.25, 0.3) is 0 Å². The van der Waals surface area contributed by atoms with E-state index in [9.17, 15) is 13.6 Å². The van der Waals surface area contributed by atoms with Crippen molar-refractivity contribution in [3.05, 3.63) is 29.8 Å². The van der Waals surface area contributed by atoms with Crippen LogP contribution in [0.1, 0.15) is 37.8 Å². The lowest BCUT2D eigenvalue weighted by atomic mass is 9.91. The van der Waals surface area contributed by atoms with Gasteiger partial charge in [-0.2, -0.15) is 8.78 Å². The zero-order valence-electron chi connectivity index (χ0n) is 13.1. The second-order valence-electron chi connectivity index (χ2n) is 6.52. The van der Waals surface area contributed by atoms with E-state index in [1.807, 2.05) is 0 Å². The molecule has 126 valence electrons. The number of para-hydroxylation sites is 1. The smallest absolute Gasteiger partial charge is 0.387 e. The molecule has 1 saturated heterocycles. The van der Waals surface area contributed by atoms with Crippen LogP contribution in [-0.2, 0) is 4.79 Å². The molecule has 1 aliphatic heterocycles. The Balaban J connectivity index is 1.63. The number of benzene rings is 1. The van der Waals surface area contributed by atoms with Gasteiger partial charge in [-0.1, -0.05) is 18.2 Å². The summed E-state index contributed by atoms with van der Waals surface area (Å²) in [5, 5.41) is 6.27. The number of piperidine rings is 1. The van der Waals surface area contributed by atoms with Gasteiger partial charge in [-0.05, 0) is 50.8 Å². The summed E-state index contributed by atoms with van der Waals surface area (Å²) in [5.41, 5.74) is 0.731. The standard InChI is InChI=1S/C17H22F2N2O2/c1-11(12-4-2-3-5-14(12)23-16(18)19)21-15(22)13-10-17(13)6-8-20-9-7-17/h2-5,11,13,16,20H,6-10H2,1H3,(H,21,22). The van der Waals surface area contributed by atoms with Crippen molar-refractivity contribution in [1.29, 1.82) is 0 Å². The fourth-order valence-corrected chi connectivity index (χ4v) is 3.63. The molecule has 2 fully saturated rings. The number of ether oxygens (including phenoxy) is 1. The first-order valence-electron chi connectivity index (χ1n) is 8.07. The molecule has 1 saturated carbocycles. The van der Waals surface area contributed by atoms with Crippen LogP contribution >= 0.6 is 0 Å². The molecule has 23 heavy (non-hydrogen) atoms. The molecule has 2 unspecified atom stereocenters. The molecule has 6 heteroatoms. The highest BCUT2D eigenvalue weighted by Gasteiger charge is 2.57. The second-order valence-corrected chi connectivity index (χ2v) is 6.52.